The predicted octanol–water partition coefficient (Wildman–Crippen LogP) is 1.27. The first-order valence-corrected chi connectivity index (χ1v) is 5.96. The lowest BCUT2D eigenvalue weighted by Gasteiger charge is -2.10. The van der Waals surface area contributed by atoms with E-state index < -0.39 is 5.97 Å². The van der Waals surface area contributed by atoms with Crippen molar-refractivity contribution in [1.82, 2.24) is 20.6 Å². The molecule has 0 saturated carbocycles. The number of para-hydroxylation sites is 1. The highest BCUT2D eigenvalue weighted by molar-refractivity contribution is 5.96. The number of nitriles is 1. The molecule has 2 aromatic rings. The molecule has 106 valence electrons. The van der Waals surface area contributed by atoms with Crippen molar-refractivity contribution in [2.24, 2.45) is 0 Å². The third-order valence-electron chi connectivity index (χ3n) is 2.75. The van der Waals surface area contributed by atoms with Crippen LogP contribution in [0.2, 0.25) is 0 Å². The first-order chi connectivity index (χ1) is 10.2. The van der Waals surface area contributed by atoms with Gasteiger partial charge in [-0.1, -0.05) is 12.1 Å². The molecule has 0 fully saturated rings. The number of aryl methyl sites for hydroxylation is 1. The number of carbonyl (C=O) groups is 1. The maximum absolute atomic E-state index is 11.7. The number of hydrogen-bond donors (Lipinski definition) is 2. The highest BCUT2D eigenvalue weighted by atomic mass is 16.5. The number of benzene rings is 1. The van der Waals surface area contributed by atoms with Crippen molar-refractivity contribution in [2.45, 2.75) is 6.92 Å². The van der Waals surface area contributed by atoms with Gasteiger partial charge in [0.2, 0.25) is 5.82 Å². The molecule has 0 radical (unpaired) electrons. The van der Waals surface area contributed by atoms with Gasteiger partial charge < -0.3 is 10.1 Å². The zero-order valence-electron chi connectivity index (χ0n) is 11.4. The molecule has 1 aromatic carbocycles. The van der Waals surface area contributed by atoms with Crippen molar-refractivity contribution in [1.29, 1.82) is 5.26 Å². The lowest BCUT2D eigenvalue weighted by molar-refractivity contribution is 0.0602. The van der Waals surface area contributed by atoms with E-state index >= 15 is 0 Å². The number of methoxy groups -OCH3 is 1. The standard InChI is InChI=1S/C13H12N6O2/c1-8-4-3-5-10(13(20)21-2)11(8)15-7-9(6-14)12-16-18-19-17-12/h3-5,7,15H,1-2H3,(H,16,17,18,19). The Balaban J connectivity index is 2.36. The van der Waals surface area contributed by atoms with E-state index in [0.29, 0.717) is 11.3 Å². The van der Waals surface area contributed by atoms with Crippen LogP contribution in [0.25, 0.3) is 5.57 Å². The summed E-state index contributed by atoms with van der Waals surface area (Å²) < 4.78 is 4.73. The molecule has 0 unspecified atom stereocenters. The minimum absolute atomic E-state index is 0.165. The molecular formula is C13H12N6O2. The quantitative estimate of drug-likeness (QED) is 0.641. The van der Waals surface area contributed by atoms with Crippen LogP contribution in [-0.2, 0) is 4.74 Å². The summed E-state index contributed by atoms with van der Waals surface area (Å²) in [6.07, 6.45) is 1.42. The topological polar surface area (TPSA) is 117 Å². The number of nitrogens with zero attached hydrogens (tertiary/aromatic N) is 4. The van der Waals surface area contributed by atoms with Crippen LogP contribution in [0.3, 0.4) is 0 Å². The van der Waals surface area contributed by atoms with Crippen LogP contribution in [0, 0.1) is 18.3 Å². The smallest absolute Gasteiger partial charge is 0.339 e. The molecule has 8 heteroatoms. The number of rotatable bonds is 4. The van der Waals surface area contributed by atoms with Gasteiger partial charge in [-0.3, -0.25) is 0 Å². The SMILES string of the molecule is COC(=O)c1cccc(C)c1NC=C(C#N)c1nn[nH]n1. The number of carbonyl (C=O) groups excluding carboxylic acids is 1. The molecule has 0 bridgehead atoms. The summed E-state index contributed by atoms with van der Waals surface area (Å²) in [7, 11) is 1.31. The fourth-order valence-electron chi connectivity index (χ4n) is 1.71. The second kappa shape index (κ2) is 6.29. The lowest BCUT2D eigenvalue weighted by Crippen LogP contribution is -2.07. The number of aromatic nitrogens is 4. The monoisotopic (exact) mass is 284 g/mol. The number of nitrogens with one attached hydrogen (secondary N) is 2. The molecule has 2 N–H and O–H groups in total. The van der Waals surface area contributed by atoms with Crippen LogP contribution in [0.1, 0.15) is 21.7 Å². The largest absolute Gasteiger partial charge is 0.465 e. The molecule has 0 atom stereocenters. The molecular weight excluding hydrogens is 272 g/mol. The van der Waals surface area contributed by atoms with Gasteiger partial charge in [0.25, 0.3) is 0 Å². The molecule has 1 aromatic heterocycles. The normalized spacial score (nSPS) is 10.8. The first kappa shape index (κ1) is 14.2. The van der Waals surface area contributed by atoms with E-state index in [-0.39, 0.29) is 11.4 Å². The fourth-order valence-corrected chi connectivity index (χ4v) is 1.71. The second-order valence-corrected chi connectivity index (χ2v) is 4.04. The number of aromatic amines is 1. The van der Waals surface area contributed by atoms with Crippen LogP contribution >= 0.6 is 0 Å². The van der Waals surface area contributed by atoms with Gasteiger partial charge >= 0.3 is 5.97 Å². The highest BCUT2D eigenvalue weighted by Gasteiger charge is 2.13. The van der Waals surface area contributed by atoms with Gasteiger partial charge in [-0.2, -0.15) is 10.5 Å². The van der Waals surface area contributed by atoms with E-state index in [1.54, 1.807) is 12.1 Å². The Kier molecular flexibility index (Phi) is 4.26. The number of anilines is 1. The van der Waals surface area contributed by atoms with E-state index in [2.05, 4.69) is 25.9 Å². The van der Waals surface area contributed by atoms with Gasteiger partial charge in [-0.15, -0.1) is 10.2 Å². The Morgan fingerprint density at radius 1 is 1.52 bits per heavy atom. The molecule has 0 aliphatic carbocycles. The van der Waals surface area contributed by atoms with Gasteiger partial charge in [-0.25, -0.2) is 4.79 Å². The molecule has 1 heterocycles. The minimum Gasteiger partial charge on any atom is -0.465 e. The van der Waals surface area contributed by atoms with Gasteiger partial charge in [0.15, 0.2) is 0 Å². The summed E-state index contributed by atoms with van der Waals surface area (Å²) in [5.41, 5.74) is 1.95. The van der Waals surface area contributed by atoms with E-state index in [1.807, 2.05) is 19.1 Å². The number of allylic oxidation sites excluding steroid dienone is 1. The van der Waals surface area contributed by atoms with Crippen molar-refractivity contribution in [3.05, 3.63) is 41.4 Å². The van der Waals surface area contributed by atoms with Crippen LogP contribution < -0.4 is 5.32 Å². The zero-order chi connectivity index (χ0) is 15.2. The number of H-pyrrole nitrogens is 1. The van der Waals surface area contributed by atoms with Crippen molar-refractivity contribution in [3.8, 4) is 6.07 Å². The third kappa shape index (κ3) is 3.03. The van der Waals surface area contributed by atoms with Gasteiger partial charge in [0, 0.05) is 6.20 Å². The molecule has 0 spiro atoms. The number of hydrogen-bond acceptors (Lipinski definition) is 7. The van der Waals surface area contributed by atoms with Crippen LogP contribution in [0.15, 0.2) is 24.4 Å². The van der Waals surface area contributed by atoms with Crippen molar-refractivity contribution >= 4 is 17.2 Å². The molecule has 0 aliphatic heterocycles. The fraction of sp³-hybridized carbons (Fsp3) is 0.154. The van der Waals surface area contributed by atoms with Crippen molar-refractivity contribution in [2.75, 3.05) is 12.4 Å². The Morgan fingerprint density at radius 3 is 2.95 bits per heavy atom. The molecule has 8 nitrogen and oxygen atoms in total. The molecule has 0 saturated heterocycles. The summed E-state index contributed by atoms with van der Waals surface area (Å²) in [6, 6.07) is 7.18. The molecule has 0 amide bonds. The maximum atomic E-state index is 11.7. The lowest BCUT2D eigenvalue weighted by atomic mass is 10.1. The Bertz CT molecular complexity index is 715. The minimum atomic E-state index is -0.465. The van der Waals surface area contributed by atoms with E-state index in [0.717, 1.165) is 5.56 Å². The Morgan fingerprint density at radius 2 is 2.33 bits per heavy atom. The number of tetrazole rings is 1. The highest BCUT2D eigenvalue weighted by Crippen LogP contribution is 2.22. The summed E-state index contributed by atoms with van der Waals surface area (Å²) >= 11 is 0. The maximum Gasteiger partial charge on any atom is 0.339 e. The Labute approximate surface area is 120 Å². The average Bonchev–Trinajstić information content (AvgIpc) is 3.02. The zero-order valence-corrected chi connectivity index (χ0v) is 11.4. The number of esters is 1. The summed E-state index contributed by atoms with van der Waals surface area (Å²) in [5, 5.41) is 25.1. The van der Waals surface area contributed by atoms with E-state index in [9.17, 15) is 4.79 Å². The van der Waals surface area contributed by atoms with Crippen LogP contribution in [0.5, 0.6) is 0 Å². The van der Waals surface area contributed by atoms with Gasteiger partial charge in [0.1, 0.15) is 11.6 Å². The molecule has 21 heavy (non-hydrogen) atoms. The summed E-state index contributed by atoms with van der Waals surface area (Å²) in [4.78, 5) is 11.7. The third-order valence-corrected chi connectivity index (χ3v) is 2.75. The first-order valence-electron chi connectivity index (χ1n) is 5.96. The average molecular weight is 284 g/mol. The van der Waals surface area contributed by atoms with Gasteiger partial charge in [-0.05, 0) is 23.8 Å². The van der Waals surface area contributed by atoms with E-state index in [4.69, 9.17) is 10.00 Å². The summed E-state index contributed by atoms with van der Waals surface area (Å²) in [5.74, 6) is -0.300. The van der Waals surface area contributed by atoms with Crippen LogP contribution in [0.4, 0.5) is 5.69 Å². The van der Waals surface area contributed by atoms with Crippen LogP contribution in [-0.4, -0.2) is 33.7 Å². The summed E-state index contributed by atoms with van der Waals surface area (Å²) in [6.45, 7) is 1.84. The predicted molar refractivity (Wildman–Crippen MR) is 73.9 cm³/mol. The second-order valence-electron chi connectivity index (χ2n) is 4.04. The van der Waals surface area contributed by atoms with Gasteiger partial charge in [0.05, 0.1) is 18.4 Å². The molecule has 2 rings (SSSR count). The Hall–Kier alpha value is -3.21. The van der Waals surface area contributed by atoms with Crippen molar-refractivity contribution in [3.63, 3.8) is 0 Å². The number of ether oxygens (including phenoxy) is 1. The van der Waals surface area contributed by atoms with Crippen molar-refractivity contribution < 1.29 is 9.53 Å². The van der Waals surface area contributed by atoms with E-state index in [1.165, 1.54) is 13.3 Å². The molecule has 0 aliphatic rings.